The van der Waals surface area contributed by atoms with Crippen LogP contribution in [0.15, 0.2) is 24.5 Å². The van der Waals surface area contributed by atoms with E-state index in [4.69, 9.17) is 5.73 Å². The topological polar surface area (TPSA) is 72.4 Å². The first kappa shape index (κ1) is 17.8. The van der Waals surface area contributed by atoms with Gasteiger partial charge in [0.25, 0.3) is 0 Å². The van der Waals surface area contributed by atoms with Crippen LogP contribution in [0.2, 0.25) is 0 Å². The zero-order valence-corrected chi connectivity index (χ0v) is 14.7. The summed E-state index contributed by atoms with van der Waals surface area (Å²) in [6.07, 6.45) is 7.25. The van der Waals surface area contributed by atoms with Crippen molar-refractivity contribution in [2.75, 3.05) is 12.3 Å². The third kappa shape index (κ3) is 5.55. The molecule has 0 aromatic carbocycles. The van der Waals surface area contributed by atoms with Crippen molar-refractivity contribution in [1.82, 2.24) is 14.7 Å². The van der Waals surface area contributed by atoms with Gasteiger partial charge < -0.3 is 15.5 Å². The van der Waals surface area contributed by atoms with Gasteiger partial charge in [0.05, 0.1) is 11.4 Å². The molecule has 6 heteroatoms. The molecule has 5 nitrogen and oxygen atoms in total. The van der Waals surface area contributed by atoms with Crippen LogP contribution in [0, 0.1) is 6.92 Å². The number of fused-ring (bicyclic) bond motifs is 1. The molecule has 126 valence electrons. The van der Waals surface area contributed by atoms with Gasteiger partial charge in [-0.25, -0.2) is 4.98 Å². The molecule has 0 aliphatic rings. The predicted octanol–water partition coefficient (Wildman–Crippen LogP) is 2.51. The molecule has 1 amide bonds. The van der Waals surface area contributed by atoms with Crippen molar-refractivity contribution in [2.45, 2.75) is 44.9 Å². The summed E-state index contributed by atoms with van der Waals surface area (Å²) in [5.74, 6) is 1.23. The highest BCUT2D eigenvalue weighted by atomic mass is 32.2. The fourth-order valence-electron chi connectivity index (χ4n) is 2.44. The second-order valence-corrected chi connectivity index (χ2v) is 6.82. The maximum absolute atomic E-state index is 12.0. The highest BCUT2D eigenvalue weighted by molar-refractivity contribution is 7.99. The second kappa shape index (κ2) is 8.93. The Morgan fingerprint density at radius 3 is 3.00 bits per heavy atom. The number of aromatic nitrogens is 2. The molecule has 0 saturated carbocycles. The van der Waals surface area contributed by atoms with Crippen molar-refractivity contribution in [3.63, 3.8) is 0 Å². The van der Waals surface area contributed by atoms with Crippen LogP contribution in [0.3, 0.4) is 0 Å². The number of carbonyl (C=O) groups is 1. The van der Waals surface area contributed by atoms with E-state index in [-0.39, 0.29) is 11.9 Å². The first-order valence-electron chi connectivity index (χ1n) is 8.13. The van der Waals surface area contributed by atoms with Crippen LogP contribution in [0.4, 0.5) is 0 Å². The number of rotatable bonds is 9. The number of aryl methyl sites for hydroxylation is 1. The maximum atomic E-state index is 12.0. The Bertz CT molecular complexity index is 641. The average molecular weight is 334 g/mol. The lowest BCUT2D eigenvalue weighted by Crippen LogP contribution is -2.41. The Morgan fingerprint density at radius 1 is 1.43 bits per heavy atom. The van der Waals surface area contributed by atoms with E-state index >= 15 is 0 Å². The molecule has 2 aromatic heterocycles. The van der Waals surface area contributed by atoms with Gasteiger partial charge in [0.2, 0.25) is 5.91 Å². The Balaban J connectivity index is 1.77. The minimum Gasteiger partial charge on any atom is -0.351 e. The Labute approximate surface area is 142 Å². The van der Waals surface area contributed by atoms with E-state index < -0.39 is 0 Å². The maximum Gasteiger partial charge on any atom is 0.230 e. The molecule has 0 spiro atoms. The van der Waals surface area contributed by atoms with Crippen LogP contribution in [-0.4, -0.2) is 33.6 Å². The van der Waals surface area contributed by atoms with Crippen LogP contribution in [0.25, 0.3) is 5.65 Å². The molecule has 0 bridgehead atoms. The van der Waals surface area contributed by atoms with E-state index in [1.165, 1.54) is 5.56 Å². The fourth-order valence-corrected chi connectivity index (χ4v) is 3.16. The molecule has 2 heterocycles. The van der Waals surface area contributed by atoms with Gasteiger partial charge in [-0.2, -0.15) is 0 Å². The third-order valence-electron chi connectivity index (χ3n) is 3.69. The van der Waals surface area contributed by atoms with Crippen LogP contribution in [-0.2, 0) is 10.5 Å². The molecule has 23 heavy (non-hydrogen) atoms. The van der Waals surface area contributed by atoms with Crippen LogP contribution in [0.5, 0.6) is 0 Å². The molecule has 0 radical (unpaired) electrons. The summed E-state index contributed by atoms with van der Waals surface area (Å²) in [5.41, 5.74) is 8.84. The van der Waals surface area contributed by atoms with E-state index in [2.05, 4.69) is 36.4 Å². The van der Waals surface area contributed by atoms with Crippen LogP contribution < -0.4 is 11.1 Å². The van der Waals surface area contributed by atoms with Gasteiger partial charge in [-0.15, -0.1) is 11.8 Å². The van der Waals surface area contributed by atoms with Crippen molar-refractivity contribution in [2.24, 2.45) is 5.73 Å². The van der Waals surface area contributed by atoms with E-state index in [1.807, 2.05) is 16.7 Å². The number of amides is 1. The number of nitrogens with zero attached hydrogens (tertiary/aromatic N) is 2. The van der Waals surface area contributed by atoms with Gasteiger partial charge in [0.15, 0.2) is 0 Å². The number of carbonyl (C=O) groups excluding carboxylic acids is 1. The second-order valence-electron chi connectivity index (χ2n) is 5.84. The van der Waals surface area contributed by atoms with E-state index in [9.17, 15) is 4.79 Å². The monoisotopic (exact) mass is 334 g/mol. The standard InChI is InChI=1S/C17H26N4OS/c1-3-4-5-14(8-18)20-17(22)12-23-11-15-10-21-9-13(2)6-7-16(21)19-15/h6-7,9-10,14H,3-5,8,11-12,18H2,1-2H3,(H,20,22). The number of imidazole rings is 1. The molecule has 3 N–H and O–H groups in total. The van der Waals surface area contributed by atoms with Crippen LogP contribution in [0.1, 0.15) is 37.4 Å². The third-order valence-corrected chi connectivity index (χ3v) is 4.65. The van der Waals surface area contributed by atoms with E-state index in [0.717, 1.165) is 36.4 Å². The molecule has 0 saturated heterocycles. The lowest BCUT2D eigenvalue weighted by Gasteiger charge is -2.16. The van der Waals surface area contributed by atoms with Crippen molar-refractivity contribution in [3.8, 4) is 0 Å². The van der Waals surface area contributed by atoms with Gasteiger partial charge in [-0.05, 0) is 25.0 Å². The average Bonchev–Trinajstić information content (AvgIpc) is 2.93. The number of thioether (sulfide) groups is 1. The quantitative estimate of drug-likeness (QED) is 0.739. The van der Waals surface area contributed by atoms with Gasteiger partial charge in [0.1, 0.15) is 5.65 Å². The summed E-state index contributed by atoms with van der Waals surface area (Å²) in [7, 11) is 0. The molecule has 1 atom stereocenters. The summed E-state index contributed by atoms with van der Waals surface area (Å²) in [5, 5.41) is 3.01. The smallest absolute Gasteiger partial charge is 0.230 e. The predicted molar refractivity (Wildman–Crippen MR) is 96.6 cm³/mol. The molecule has 2 aromatic rings. The number of nitrogens with one attached hydrogen (secondary N) is 1. The molecule has 1 unspecified atom stereocenters. The molecule has 0 fully saturated rings. The zero-order chi connectivity index (χ0) is 16.7. The molecule has 0 aliphatic heterocycles. The summed E-state index contributed by atoms with van der Waals surface area (Å²) >= 11 is 1.58. The first-order valence-corrected chi connectivity index (χ1v) is 9.29. The minimum atomic E-state index is 0.0566. The molecular formula is C17H26N4OS. The van der Waals surface area contributed by atoms with Crippen molar-refractivity contribution in [3.05, 3.63) is 35.8 Å². The number of hydrogen-bond donors (Lipinski definition) is 2. The highest BCUT2D eigenvalue weighted by Gasteiger charge is 2.10. The van der Waals surface area contributed by atoms with Gasteiger partial charge in [-0.3, -0.25) is 4.79 Å². The van der Waals surface area contributed by atoms with Crippen LogP contribution >= 0.6 is 11.8 Å². The normalized spacial score (nSPS) is 12.5. The van der Waals surface area contributed by atoms with E-state index in [0.29, 0.717) is 12.3 Å². The number of nitrogens with two attached hydrogens (primary N) is 1. The lowest BCUT2D eigenvalue weighted by atomic mass is 10.1. The first-order chi connectivity index (χ1) is 11.1. The van der Waals surface area contributed by atoms with Crippen molar-refractivity contribution < 1.29 is 4.79 Å². The Kier molecular flexibility index (Phi) is 6.92. The Hall–Kier alpha value is -1.53. The summed E-state index contributed by atoms with van der Waals surface area (Å²) in [6.45, 7) is 4.70. The molecule has 0 aliphatic carbocycles. The van der Waals surface area contributed by atoms with Crippen molar-refractivity contribution in [1.29, 1.82) is 0 Å². The van der Waals surface area contributed by atoms with Gasteiger partial charge in [0, 0.05) is 30.7 Å². The minimum absolute atomic E-state index is 0.0566. The molecule has 2 rings (SSSR count). The van der Waals surface area contributed by atoms with Gasteiger partial charge in [-0.1, -0.05) is 25.8 Å². The Morgan fingerprint density at radius 2 is 2.26 bits per heavy atom. The van der Waals surface area contributed by atoms with Crippen molar-refractivity contribution >= 4 is 23.3 Å². The summed E-state index contributed by atoms with van der Waals surface area (Å²) in [6, 6.07) is 4.16. The largest absolute Gasteiger partial charge is 0.351 e. The number of hydrogen-bond acceptors (Lipinski definition) is 4. The fraction of sp³-hybridized carbons (Fsp3) is 0.529. The number of unbranched alkanes of at least 4 members (excludes halogenated alkanes) is 1. The molecular weight excluding hydrogens is 308 g/mol. The summed E-state index contributed by atoms with van der Waals surface area (Å²) in [4.78, 5) is 16.5. The highest BCUT2D eigenvalue weighted by Crippen LogP contribution is 2.13. The summed E-state index contributed by atoms with van der Waals surface area (Å²) < 4.78 is 2.03. The van der Waals surface area contributed by atoms with E-state index in [1.54, 1.807) is 11.8 Å². The lowest BCUT2D eigenvalue weighted by molar-refractivity contribution is -0.119. The number of pyridine rings is 1. The SMILES string of the molecule is CCCCC(CN)NC(=O)CSCc1cn2cc(C)ccc2n1. The van der Waals surface area contributed by atoms with Gasteiger partial charge >= 0.3 is 0 Å². The zero-order valence-electron chi connectivity index (χ0n) is 13.9.